The molecule has 0 aromatic rings. The second-order valence-electron chi connectivity index (χ2n) is 0.0891. The average Bonchev–Trinajstić information content (AvgIpc) is 0.918. The van der Waals surface area contributed by atoms with E-state index in [1.54, 1.807) is 22.6 Å². The van der Waals surface area contributed by atoms with Crippen LogP contribution in [0.5, 0.6) is 0 Å². The molecule has 0 aliphatic carbocycles. The van der Waals surface area contributed by atoms with Crippen molar-refractivity contribution < 1.29 is 35.8 Å². The zero-order chi connectivity index (χ0) is 2.71. The molecule has 4 heavy (non-hydrogen) atoms. The number of hydrogen-bond acceptors (Lipinski definition) is 1. The molecule has 0 aliphatic rings. The first kappa shape index (κ1) is 9.04. The predicted molar refractivity (Wildman–Crippen MR) is 21.9 cm³/mol. The smallest absolute Gasteiger partial charge is 1.00 e. The van der Waals surface area contributed by atoms with Crippen LogP contribution in [0.3, 0.4) is 0 Å². The van der Waals surface area contributed by atoms with Gasteiger partial charge in [0, 0.05) is 0 Å². The monoisotopic (exact) mass is 180 g/mol. The Bertz CT molecular complexity index is 19.1. The molecule has 0 amide bonds. The number of hydrogen-bond donors (Lipinski definition) is 0. The van der Waals surface area contributed by atoms with E-state index >= 15 is 0 Å². The van der Waals surface area contributed by atoms with Crippen molar-refractivity contribution in [2.75, 3.05) is 0 Å². The Hall–Kier alpha value is 1.40. The molecule has 0 heterocycles. The van der Waals surface area contributed by atoms with Gasteiger partial charge in [0.2, 0.25) is 0 Å². The molecule has 0 saturated heterocycles. The molecule has 0 aliphatic heterocycles. The van der Waals surface area contributed by atoms with Gasteiger partial charge < -0.3 is 1.43 Å². The molecule has 0 radical (unpaired) electrons. The second-order valence-corrected chi connectivity index (χ2v) is 0.598. The molecule has 3 heteroatoms. The Morgan fingerprint density at radius 2 is 2.00 bits per heavy atom. The van der Waals surface area contributed by atoms with Gasteiger partial charge in [0.05, 0.1) is 0 Å². The molecule has 0 atom stereocenters. The summed E-state index contributed by atoms with van der Waals surface area (Å²) in [6.45, 7) is 0. The Kier molecular flexibility index (Phi) is 20.0. The Morgan fingerprint density at radius 3 is 2.00 bits per heavy atom. The Labute approximate surface area is 62.1 Å². The van der Waals surface area contributed by atoms with E-state index in [-0.39, 0.29) is 31.0 Å². The third kappa shape index (κ3) is 9.99. The van der Waals surface area contributed by atoms with Crippen LogP contribution in [-0.2, 0) is 4.79 Å². The van der Waals surface area contributed by atoms with Crippen molar-refractivity contribution in [1.29, 1.82) is 0 Å². The fourth-order valence-electron chi connectivity index (χ4n) is 0. The van der Waals surface area contributed by atoms with E-state index in [1.165, 1.54) is 0 Å². The van der Waals surface area contributed by atoms with Crippen LogP contribution in [0.1, 0.15) is 1.43 Å². The Balaban J connectivity index is -0.0000000200. The van der Waals surface area contributed by atoms with Gasteiger partial charge in [-0.3, -0.25) is 4.79 Å². The molecule has 0 aromatic carbocycles. The number of rotatable bonds is 0. The summed E-state index contributed by atoms with van der Waals surface area (Å²) in [4.78, 5) is 8.79. The summed E-state index contributed by atoms with van der Waals surface area (Å²) in [7, 11) is 0. The van der Waals surface area contributed by atoms with Crippen molar-refractivity contribution in [2.45, 2.75) is 0 Å². The summed E-state index contributed by atoms with van der Waals surface area (Å²) in [6, 6.07) is 0. The van der Waals surface area contributed by atoms with Crippen molar-refractivity contribution in [1.82, 2.24) is 0 Å². The van der Waals surface area contributed by atoms with E-state index in [0.29, 0.717) is 0 Å². The SMILES string of the molecule is O=CI.[H-].[Na+]. The van der Waals surface area contributed by atoms with Gasteiger partial charge in [-0.25, -0.2) is 0 Å². The van der Waals surface area contributed by atoms with Crippen LogP contribution in [0.15, 0.2) is 0 Å². The van der Waals surface area contributed by atoms with E-state index in [4.69, 9.17) is 4.79 Å². The molecule has 20 valence electrons. The van der Waals surface area contributed by atoms with Crippen LogP contribution in [0.2, 0.25) is 0 Å². The first-order valence-electron chi connectivity index (χ1n) is 0.454. The molecule has 0 rings (SSSR count). The maximum Gasteiger partial charge on any atom is 1.00 e. The number of carbonyl (C=O) groups is 1. The van der Waals surface area contributed by atoms with Crippen molar-refractivity contribution in [3.05, 3.63) is 0 Å². The van der Waals surface area contributed by atoms with Gasteiger partial charge in [-0.15, -0.1) is 0 Å². The van der Waals surface area contributed by atoms with Crippen molar-refractivity contribution in [3.63, 3.8) is 0 Å². The topological polar surface area (TPSA) is 17.1 Å². The van der Waals surface area contributed by atoms with Crippen LogP contribution >= 0.6 is 22.6 Å². The van der Waals surface area contributed by atoms with Gasteiger partial charge in [0.15, 0.2) is 4.29 Å². The van der Waals surface area contributed by atoms with Crippen LogP contribution in [0.25, 0.3) is 0 Å². The van der Waals surface area contributed by atoms with E-state index in [9.17, 15) is 0 Å². The standard InChI is InChI=1S/CHIO.Na.H/c2-1-3;;/h1H;;/q;+1;-1. The molecular formula is CH2INaO. The molecule has 0 fully saturated rings. The van der Waals surface area contributed by atoms with Gasteiger partial charge >= 0.3 is 29.6 Å². The molecular weight excluding hydrogens is 178 g/mol. The predicted octanol–water partition coefficient (Wildman–Crippen LogP) is -2.27. The van der Waals surface area contributed by atoms with Crippen LogP contribution in [0.4, 0.5) is 0 Å². The first-order chi connectivity index (χ1) is 1.41. The van der Waals surface area contributed by atoms with Gasteiger partial charge in [0.1, 0.15) is 0 Å². The molecule has 0 N–H and O–H groups in total. The minimum Gasteiger partial charge on any atom is -1.00 e. The molecule has 1 nitrogen and oxygen atoms in total. The summed E-state index contributed by atoms with van der Waals surface area (Å²) in [5.74, 6) is 0. The minimum atomic E-state index is 0. The van der Waals surface area contributed by atoms with E-state index in [2.05, 4.69) is 0 Å². The van der Waals surface area contributed by atoms with Crippen molar-refractivity contribution in [3.8, 4) is 0 Å². The number of carbonyl (C=O) groups excluding carboxylic acids is 1. The molecule has 0 bridgehead atoms. The van der Waals surface area contributed by atoms with Crippen LogP contribution < -0.4 is 29.6 Å². The zero-order valence-electron chi connectivity index (χ0n) is 3.36. The minimum absolute atomic E-state index is 0. The van der Waals surface area contributed by atoms with E-state index < -0.39 is 0 Å². The quantitative estimate of drug-likeness (QED) is 0.178. The summed E-state index contributed by atoms with van der Waals surface area (Å²) in [6.07, 6.45) is 0. The van der Waals surface area contributed by atoms with E-state index in [0.717, 1.165) is 4.29 Å². The fraction of sp³-hybridized carbons (Fsp3) is 0. The van der Waals surface area contributed by atoms with Crippen molar-refractivity contribution >= 4 is 26.9 Å². The third-order valence-electron chi connectivity index (χ3n) is 0. The van der Waals surface area contributed by atoms with Crippen LogP contribution in [-0.4, -0.2) is 4.29 Å². The summed E-state index contributed by atoms with van der Waals surface area (Å²) < 4.78 is 0.720. The molecule has 0 unspecified atom stereocenters. The zero-order valence-corrected chi connectivity index (χ0v) is 6.52. The summed E-state index contributed by atoms with van der Waals surface area (Å²) in [5, 5.41) is 0. The molecule has 0 saturated carbocycles. The average molecular weight is 180 g/mol. The van der Waals surface area contributed by atoms with Gasteiger partial charge in [-0.05, 0) is 22.6 Å². The first-order valence-corrected chi connectivity index (χ1v) is 1.70. The van der Waals surface area contributed by atoms with Crippen molar-refractivity contribution in [2.24, 2.45) is 0 Å². The summed E-state index contributed by atoms with van der Waals surface area (Å²) in [5.41, 5.74) is 0. The molecule has 0 spiro atoms. The normalized spacial score (nSPS) is 3.25. The second kappa shape index (κ2) is 8.83. The van der Waals surface area contributed by atoms with Gasteiger partial charge in [-0.1, -0.05) is 0 Å². The maximum absolute atomic E-state index is 8.79. The molecule has 0 aromatic heterocycles. The van der Waals surface area contributed by atoms with Gasteiger partial charge in [-0.2, -0.15) is 0 Å². The van der Waals surface area contributed by atoms with Gasteiger partial charge in [0.25, 0.3) is 0 Å². The number of halogens is 1. The third-order valence-corrected chi connectivity index (χ3v) is 0. The summed E-state index contributed by atoms with van der Waals surface area (Å²) >= 11 is 1.61. The van der Waals surface area contributed by atoms with Crippen LogP contribution in [0, 0.1) is 0 Å². The van der Waals surface area contributed by atoms with E-state index in [1.807, 2.05) is 0 Å². The Morgan fingerprint density at radius 1 is 2.00 bits per heavy atom. The maximum atomic E-state index is 8.79. The largest absolute Gasteiger partial charge is 1.00 e. The fourth-order valence-corrected chi connectivity index (χ4v) is 0.